The monoisotopic (exact) mass is 364 g/mol. The van der Waals surface area contributed by atoms with Gasteiger partial charge in [-0.25, -0.2) is 0 Å². The molecule has 1 rings (SSSR count). The van der Waals surface area contributed by atoms with E-state index in [2.05, 4.69) is 15.6 Å². The van der Waals surface area contributed by atoms with Crippen LogP contribution in [0.1, 0.15) is 26.3 Å². The SMILES string of the molecule is CC[Si](C#Cc1ccccc1OS(=O)(=O)C(F)(F)F)(CC)CC. The summed E-state index contributed by atoms with van der Waals surface area (Å²) in [5.41, 5.74) is -2.13. The lowest BCUT2D eigenvalue weighted by Gasteiger charge is -2.20. The molecule has 128 valence electrons. The maximum Gasteiger partial charge on any atom is 0.534 e. The summed E-state index contributed by atoms with van der Waals surface area (Å²) in [4.78, 5) is 0. The topological polar surface area (TPSA) is 43.4 Å². The average molecular weight is 364 g/mol. The van der Waals surface area contributed by atoms with E-state index in [-0.39, 0.29) is 5.56 Å². The molecule has 0 saturated heterocycles. The van der Waals surface area contributed by atoms with Gasteiger partial charge < -0.3 is 4.18 Å². The van der Waals surface area contributed by atoms with Gasteiger partial charge in [0.05, 0.1) is 5.56 Å². The molecule has 0 aliphatic heterocycles. The Kier molecular flexibility index (Phi) is 6.30. The first kappa shape index (κ1) is 19.6. The number of alkyl halides is 3. The maximum absolute atomic E-state index is 12.4. The summed E-state index contributed by atoms with van der Waals surface area (Å²) in [6, 6.07) is 8.38. The third-order valence-corrected chi connectivity index (χ3v) is 9.54. The van der Waals surface area contributed by atoms with E-state index in [9.17, 15) is 21.6 Å². The first-order valence-electron chi connectivity index (χ1n) is 7.23. The second-order valence-electron chi connectivity index (χ2n) is 5.07. The van der Waals surface area contributed by atoms with Crippen LogP contribution in [0.3, 0.4) is 0 Å². The van der Waals surface area contributed by atoms with Gasteiger partial charge in [-0.1, -0.05) is 38.8 Å². The lowest BCUT2D eigenvalue weighted by Crippen LogP contribution is -2.29. The van der Waals surface area contributed by atoms with E-state index in [0.717, 1.165) is 18.1 Å². The number of para-hydroxylation sites is 1. The highest BCUT2D eigenvalue weighted by molar-refractivity contribution is 7.88. The van der Waals surface area contributed by atoms with E-state index in [0.29, 0.717) is 0 Å². The first-order valence-corrected chi connectivity index (χ1v) is 11.3. The molecule has 1 aromatic rings. The molecular formula is C15H19F3O3SSi. The first-order chi connectivity index (χ1) is 10.6. The lowest BCUT2D eigenvalue weighted by molar-refractivity contribution is -0.0500. The van der Waals surface area contributed by atoms with Crippen LogP contribution in [-0.4, -0.2) is 22.0 Å². The number of halogens is 3. The number of benzene rings is 1. The van der Waals surface area contributed by atoms with Gasteiger partial charge in [-0.05, 0) is 30.3 Å². The smallest absolute Gasteiger partial charge is 0.375 e. The molecule has 23 heavy (non-hydrogen) atoms. The second-order valence-corrected chi connectivity index (χ2v) is 11.5. The predicted molar refractivity (Wildman–Crippen MR) is 86.1 cm³/mol. The molecule has 0 aliphatic carbocycles. The molecule has 0 atom stereocenters. The van der Waals surface area contributed by atoms with Crippen molar-refractivity contribution in [3.63, 3.8) is 0 Å². The molecule has 3 nitrogen and oxygen atoms in total. The average Bonchev–Trinajstić information content (AvgIpc) is 2.49. The molecule has 8 heteroatoms. The van der Waals surface area contributed by atoms with E-state index < -0.39 is 29.4 Å². The zero-order chi connectivity index (χ0) is 17.7. The number of hydrogen-bond donors (Lipinski definition) is 0. The van der Waals surface area contributed by atoms with Crippen molar-refractivity contribution in [2.75, 3.05) is 0 Å². The van der Waals surface area contributed by atoms with Crippen molar-refractivity contribution >= 4 is 18.2 Å². The molecule has 0 aromatic heterocycles. The van der Waals surface area contributed by atoms with Crippen LogP contribution in [0.15, 0.2) is 24.3 Å². The van der Waals surface area contributed by atoms with Crippen molar-refractivity contribution in [2.24, 2.45) is 0 Å². The quantitative estimate of drug-likeness (QED) is 0.338. The minimum absolute atomic E-state index is 0.146. The van der Waals surface area contributed by atoms with Crippen molar-refractivity contribution in [3.05, 3.63) is 29.8 Å². The minimum Gasteiger partial charge on any atom is -0.375 e. The molecule has 0 N–H and O–H groups in total. The molecular weight excluding hydrogens is 345 g/mol. The van der Waals surface area contributed by atoms with E-state index in [4.69, 9.17) is 0 Å². The Labute approximate surface area is 136 Å². The van der Waals surface area contributed by atoms with Gasteiger partial charge >= 0.3 is 15.6 Å². The Balaban J connectivity index is 3.24. The van der Waals surface area contributed by atoms with Crippen LogP contribution in [0, 0.1) is 11.5 Å². The van der Waals surface area contributed by atoms with Crippen LogP contribution in [0.2, 0.25) is 18.1 Å². The molecule has 0 saturated carbocycles. The van der Waals surface area contributed by atoms with E-state index in [1.165, 1.54) is 18.2 Å². The molecule has 0 fully saturated rings. The standard InChI is InChI=1S/C15H19F3O3SSi/c1-4-23(5-2,6-3)12-11-13-9-7-8-10-14(13)21-22(19,20)15(16,17)18/h7-10H,4-6H2,1-3H3. The Morgan fingerprint density at radius 2 is 1.61 bits per heavy atom. The van der Waals surface area contributed by atoms with Crippen molar-refractivity contribution in [1.82, 2.24) is 0 Å². The fourth-order valence-corrected chi connectivity index (χ4v) is 4.93. The van der Waals surface area contributed by atoms with Crippen molar-refractivity contribution in [2.45, 2.75) is 44.4 Å². The van der Waals surface area contributed by atoms with Crippen LogP contribution in [0.4, 0.5) is 13.2 Å². The summed E-state index contributed by atoms with van der Waals surface area (Å²) in [5.74, 6) is 2.44. The molecule has 0 spiro atoms. The Morgan fingerprint density at radius 3 is 2.09 bits per heavy atom. The molecule has 0 radical (unpaired) electrons. The summed E-state index contributed by atoms with van der Waals surface area (Å²) in [6.45, 7) is 6.14. The summed E-state index contributed by atoms with van der Waals surface area (Å²) >= 11 is 0. The minimum atomic E-state index is -5.70. The van der Waals surface area contributed by atoms with Gasteiger partial charge in [0.15, 0.2) is 5.75 Å². The summed E-state index contributed by atoms with van der Waals surface area (Å²) in [5, 5.41) is 0. The van der Waals surface area contributed by atoms with Crippen LogP contribution in [0.25, 0.3) is 0 Å². The number of rotatable bonds is 5. The third-order valence-electron chi connectivity index (χ3n) is 3.86. The molecule has 0 heterocycles. The van der Waals surface area contributed by atoms with E-state index >= 15 is 0 Å². The van der Waals surface area contributed by atoms with Gasteiger partial charge in [-0.3, -0.25) is 0 Å². The summed E-state index contributed by atoms with van der Waals surface area (Å²) in [6.07, 6.45) is 0. The van der Waals surface area contributed by atoms with Crippen LogP contribution < -0.4 is 4.18 Å². The van der Waals surface area contributed by atoms with Crippen molar-refractivity contribution < 1.29 is 25.8 Å². The van der Waals surface area contributed by atoms with Gasteiger partial charge in [0.2, 0.25) is 0 Å². The van der Waals surface area contributed by atoms with E-state index in [1.54, 1.807) is 6.07 Å². The van der Waals surface area contributed by atoms with Gasteiger partial charge in [-0.2, -0.15) is 21.6 Å². The summed E-state index contributed by atoms with van der Waals surface area (Å²) < 4.78 is 63.9. The van der Waals surface area contributed by atoms with Crippen LogP contribution in [-0.2, 0) is 10.1 Å². The predicted octanol–water partition coefficient (Wildman–Crippen LogP) is 4.31. The molecule has 0 unspecified atom stereocenters. The van der Waals surface area contributed by atoms with Gasteiger partial charge in [0, 0.05) is 0 Å². The lowest BCUT2D eigenvalue weighted by atomic mass is 10.2. The fourth-order valence-electron chi connectivity index (χ4n) is 2.02. The van der Waals surface area contributed by atoms with Crippen LogP contribution >= 0.6 is 0 Å². The van der Waals surface area contributed by atoms with Crippen molar-refractivity contribution in [3.8, 4) is 17.2 Å². The molecule has 1 aromatic carbocycles. The molecule has 0 aliphatic rings. The van der Waals surface area contributed by atoms with E-state index in [1.807, 2.05) is 20.8 Å². The van der Waals surface area contributed by atoms with Gasteiger partial charge in [0.1, 0.15) is 8.07 Å². The Bertz CT molecular complexity index is 690. The van der Waals surface area contributed by atoms with Gasteiger partial charge in [0.25, 0.3) is 0 Å². The fraction of sp³-hybridized carbons (Fsp3) is 0.467. The number of hydrogen-bond acceptors (Lipinski definition) is 3. The summed E-state index contributed by atoms with van der Waals surface area (Å²) in [7, 11) is -7.51. The third kappa shape index (κ3) is 4.75. The van der Waals surface area contributed by atoms with Crippen molar-refractivity contribution in [1.29, 1.82) is 0 Å². The van der Waals surface area contributed by atoms with Crippen LogP contribution in [0.5, 0.6) is 5.75 Å². The Morgan fingerprint density at radius 1 is 1.09 bits per heavy atom. The zero-order valence-corrected chi connectivity index (χ0v) is 15.0. The maximum atomic E-state index is 12.4. The highest BCUT2D eigenvalue weighted by Crippen LogP contribution is 2.29. The van der Waals surface area contributed by atoms with Gasteiger partial charge in [-0.15, -0.1) is 5.54 Å². The Hall–Kier alpha value is -1.46. The highest BCUT2D eigenvalue weighted by atomic mass is 32.2. The highest BCUT2D eigenvalue weighted by Gasteiger charge is 2.48. The normalized spacial score (nSPS) is 12.4. The second kappa shape index (κ2) is 7.40. The molecule has 0 bridgehead atoms. The molecule has 0 amide bonds. The zero-order valence-electron chi connectivity index (χ0n) is 13.2. The largest absolute Gasteiger partial charge is 0.534 e.